The Hall–Kier alpha value is -1.36. The minimum atomic E-state index is 0.113. The van der Waals surface area contributed by atoms with Gasteiger partial charge in [0.2, 0.25) is 0 Å². The first-order valence-corrected chi connectivity index (χ1v) is 7.90. The average molecular weight is 341 g/mol. The van der Waals surface area contributed by atoms with Crippen LogP contribution in [0.3, 0.4) is 0 Å². The Labute approximate surface area is 137 Å². The molecule has 2 rings (SSSR count). The molecule has 0 saturated carbocycles. The summed E-state index contributed by atoms with van der Waals surface area (Å²) < 4.78 is 0. The second-order valence-corrected chi connectivity index (χ2v) is 6.35. The normalized spacial score (nSPS) is 11.7. The highest BCUT2D eigenvalue weighted by Gasteiger charge is 2.05. The third-order valence-electron chi connectivity index (χ3n) is 3.03. The van der Waals surface area contributed by atoms with Gasteiger partial charge in [-0.05, 0) is 42.3 Å². The van der Waals surface area contributed by atoms with Crippen LogP contribution in [0, 0.1) is 6.92 Å². The van der Waals surface area contributed by atoms with E-state index in [9.17, 15) is 0 Å². The maximum Gasteiger partial charge on any atom is 0.170 e. The van der Waals surface area contributed by atoms with Crippen LogP contribution in [-0.4, -0.2) is 11.0 Å². The molecule has 0 unspecified atom stereocenters. The first-order chi connectivity index (χ1) is 10.0. The Morgan fingerprint density at radius 2 is 1.95 bits per heavy atom. The Morgan fingerprint density at radius 3 is 2.57 bits per heavy atom. The fourth-order valence-corrected chi connectivity index (χ4v) is 3.18. The third-order valence-corrected chi connectivity index (χ3v) is 4.81. The van der Waals surface area contributed by atoms with Crippen LogP contribution in [0.5, 0.6) is 0 Å². The molecule has 0 atom stereocenters. The molecule has 0 heterocycles. The fraction of sp³-hybridized carbons (Fsp3) is 0.133. The molecule has 0 aromatic heterocycles. The lowest BCUT2D eigenvalue weighted by Crippen LogP contribution is -2.13. The van der Waals surface area contributed by atoms with Crippen molar-refractivity contribution in [2.24, 2.45) is 10.9 Å². The van der Waals surface area contributed by atoms with Gasteiger partial charge < -0.3 is 10.9 Å². The van der Waals surface area contributed by atoms with Gasteiger partial charge in [0.1, 0.15) is 0 Å². The minimum Gasteiger partial charge on any atom is -0.409 e. The molecule has 2 aromatic rings. The lowest BCUT2D eigenvalue weighted by Gasteiger charge is -2.08. The van der Waals surface area contributed by atoms with Gasteiger partial charge in [-0.2, -0.15) is 0 Å². The van der Waals surface area contributed by atoms with Crippen molar-refractivity contribution in [2.45, 2.75) is 17.6 Å². The van der Waals surface area contributed by atoms with Crippen LogP contribution >= 0.6 is 35.0 Å². The smallest absolute Gasteiger partial charge is 0.170 e. The van der Waals surface area contributed by atoms with Crippen LogP contribution in [0.25, 0.3) is 0 Å². The maximum atomic E-state index is 8.68. The van der Waals surface area contributed by atoms with E-state index in [-0.39, 0.29) is 5.84 Å². The monoisotopic (exact) mass is 340 g/mol. The summed E-state index contributed by atoms with van der Waals surface area (Å²) in [7, 11) is 0. The summed E-state index contributed by atoms with van der Waals surface area (Å²) in [5, 5.41) is 12.8. The minimum absolute atomic E-state index is 0.113. The van der Waals surface area contributed by atoms with E-state index in [0.717, 1.165) is 16.2 Å². The van der Waals surface area contributed by atoms with Crippen LogP contribution in [-0.2, 0) is 5.75 Å². The molecule has 3 nitrogen and oxygen atoms in total. The predicted molar refractivity (Wildman–Crippen MR) is 89.7 cm³/mol. The SMILES string of the molecule is Cc1cc(/C(N)=N/O)ccc1CSc1ccc(Cl)c(Cl)c1. The Kier molecular flexibility index (Phi) is 5.39. The molecule has 0 radical (unpaired) electrons. The van der Waals surface area contributed by atoms with Crippen molar-refractivity contribution in [2.75, 3.05) is 0 Å². The van der Waals surface area contributed by atoms with Gasteiger partial charge in [-0.25, -0.2) is 0 Å². The Bertz CT molecular complexity index is 689. The molecule has 0 aliphatic rings. The number of thioether (sulfide) groups is 1. The van der Waals surface area contributed by atoms with Crippen LogP contribution in [0.4, 0.5) is 0 Å². The largest absolute Gasteiger partial charge is 0.409 e. The number of hydrogen-bond donors (Lipinski definition) is 2. The Morgan fingerprint density at radius 1 is 1.19 bits per heavy atom. The van der Waals surface area contributed by atoms with E-state index in [0.29, 0.717) is 15.6 Å². The van der Waals surface area contributed by atoms with Crippen molar-refractivity contribution in [1.29, 1.82) is 0 Å². The van der Waals surface area contributed by atoms with Crippen LogP contribution in [0.15, 0.2) is 46.4 Å². The Balaban J connectivity index is 2.11. The van der Waals surface area contributed by atoms with Crippen LogP contribution < -0.4 is 5.73 Å². The zero-order valence-corrected chi connectivity index (χ0v) is 13.6. The summed E-state index contributed by atoms with van der Waals surface area (Å²) in [6.07, 6.45) is 0. The van der Waals surface area contributed by atoms with Gasteiger partial charge in [0.05, 0.1) is 10.0 Å². The molecule has 3 N–H and O–H groups in total. The molecule has 6 heteroatoms. The molecule has 0 fully saturated rings. The van der Waals surface area contributed by atoms with Crippen molar-refractivity contribution < 1.29 is 5.21 Å². The molecule has 0 aliphatic carbocycles. The maximum absolute atomic E-state index is 8.68. The summed E-state index contributed by atoms with van der Waals surface area (Å²) in [4.78, 5) is 1.06. The highest BCUT2D eigenvalue weighted by Crippen LogP contribution is 2.30. The molecule has 0 saturated heterocycles. The summed E-state index contributed by atoms with van der Waals surface area (Å²) in [6.45, 7) is 2.00. The summed E-state index contributed by atoms with van der Waals surface area (Å²) >= 11 is 13.6. The van der Waals surface area contributed by atoms with E-state index in [1.165, 1.54) is 5.56 Å². The average Bonchev–Trinajstić information content (AvgIpc) is 2.48. The van der Waals surface area contributed by atoms with E-state index in [1.54, 1.807) is 17.8 Å². The second kappa shape index (κ2) is 7.07. The number of benzene rings is 2. The molecule has 0 bridgehead atoms. The van der Waals surface area contributed by atoms with Gasteiger partial charge in [0.15, 0.2) is 5.84 Å². The van der Waals surface area contributed by atoms with E-state index in [1.807, 2.05) is 37.3 Å². The van der Waals surface area contributed by atoms with Gasteiger partial charge in [-0.1, -0.05) is 40.5 Å². The highest BCUT2D eigenvalue weighted by atomic mass is 35.5. The number of hydrogen-bond acceptors (Lipinski definition) is 3. The number of aryl methyl sites for hydroxylation is 1. The summed E-state index contributed by atoms with van der Waals surface area (Å²) in [5.41, 5.74) is 8.55. The standard InChI is InChI=1S/C15H14Cl2N2OS/c1-9-6-10(15(18)19-20)2-3-11(9)8-21-12-4-5-13(16)14(17)7-12/h2-7,20H,8H2,1H3,(H2,18,19). The first-order valence-electron chi connectivity index (χ1n) is 6.16. The highest BCUT2D eigenvalue weighted by molar-refractivity contribution is 7.98. The van der Waals surface area contributed by atoms with E-state index >= 15 is 0 Å². The summed E-state index contributed by atoms with van der Waals surface area (Å²) in [5.74, 6) is 0.919. The zero-order chi connectivity index (χ0) is 15.4. The lowest BCUT2D eigenvalue weighted by molar-refractivity contribution is 0.318. The van der Waals surface area contributed by atoms with Crippen molar-refractivity contribution in [3.05, 3.63) is 63.1 Å². The van der Waals surface area contributed by atoms with Crippen molar-refractivity contribution in [3.8, 4) is 0 Å². The van der Waals surface area contributed by atoms with E-state index in [4.69, 9.17) is 34.1 Å². The number of nitrogens with two attached hydrogens (primary N) is 1. The molecular formula is C15H14Cl2N2OS. The number of nitrogens with zero attached hydrogens (tertiary/aromatic N) is 1. The van der Waals surface area contributed by atoms with E-state index < -0.39 is 0 Å². The van der Waals surface area contributed by atoms with Crippen molar-refractivity contribution in [3.63, 3.8) is 0 Å². The van der Waals surface area contributed by atoms with Crippen LogP contribution in [0.1, 0.15) is 16.7 Å². The fourth-order valence-electron chi connectivity index (χ4n) is 1.80. The van der Waals surface area contributed by atoms with Gasteiger partial charge in [0, 0.05) is 16.2 Å². The first kappa shape index (κ1) is 16.0. The van der Waals surface area contributed by atoms with Gasteiger partial charge >= 0.3 is 0 Å². The van der Waals surface area contributed by atoms with Crippen molar-refractivity contribution >= 4 is 40.8 Å². The molecule has 21 heavy (non-hydrogen) atoms. The molecular weight excluding hydrogens is 327 g/mol. The van der Waals surface area contributed by atoms with Gasteiger partial charge in [-0.15, -0.1) is 11.8 Å². The topological polar surface area (TPSA) is 58.6 Å². The van der Waals surface area contributed by atoms with Crippen molar-refractivity contribution in [1.82, 2.24) is 0 Å². The zero-order valence-electron chi connectivity index (χ0n) is 11.3. The number of halogens is 2. The van der Waals surface area contributed by atoms with E-state index in [2.05, 4.69) is 5.16 Å². The van der Waals surface area contributed by atoms with Crippen LogP contribution in [0.2, 0.25) is 10.0 Å². The van der Waals surface area contributed by atoms with Gasteiger partial charge in [-0.3, -0.25) is 0 Å². The molecule has 0 amide bonds. The molecule has 0 aliphatic heterocycles. The lowest BCUT2D eigenvalue weighted by atomic mass is 10.1. The molecule has 2 aromatic carbocycles. The number of amidine groups is 1. The molecule has 110 valence electrons. The predicted octanol–water partition coefficient (Wildman–Crippen LogP) is 4.69. The summed E-state index contributed by atoms with van der Waals surface area (Å²) in [6, 6.07) is 11.3. The number of rotatable bonds is 4. The number of oxime groups is 1. The second-order valence-electron chi connectivity index (χ2n) is 4.49. The quantitative estimate of drug-likeness (QED) is 0.279. The third kappa shape index (κ3) is 4.06. The molecule has 0 spiro atoms. The van der Waals surface area contributed by atoms with Gasteiger partial charge in [0.25, 0.3) is 0 Å².